The quantitative estimate of drug-likeness (QED) is 0.604. The van der Waals surface area contributed by atoms with Crippen LogP contribution >= 0.6 is 11.6 Å². The van der Waals surface area contributed by atoms with Gasteiger partial charge in [-0.25, -0.2) is 8.42 Å². The molecule has 1 fully saturated rings. The van der Waals surface area contributed by atoms with Gasteiger partial charge in [0.1, 0.15) is 0 Å². The number of benzene rings is 2. The van der Waals surface area contributed by atoms with E-state index in [1.807, 2.05) is 12.1 Å². The number of rotatable bonds is 8. The summed E-state index contributed by atoms with van der Waals surface area (Å²) in [5.41, 5.74) is 7.06. The summed E-state index contributed by atoms with van der Waals surface area (Å²) in [4.78, 5) is 26.1. The normalized spacial score (nSPS) is 17.3. The fourth-order valence-corrected chi connectivity index (χ4v) is 4.91. The van der Waals surface area contributed by atoms with Crippen LogP contribution in [0.4, 0.5) is 5.69 Å². The number of likely N-dealkylation sites (N-methyl/N-ethyl adjacent to an activating group) is 1. The predicted octanol–water partition coefficient (Wildman–Crippen LogP) is 2.30. The van der Waals surface area contributed by atoms with Gasteiger partial charge in [-0.1, -0.05) is 23.7 Å². The number of amides is 2. The third-order valence-corrected chi connectivity index (χ3v) is 7.51. The average Bonchev–Trinajstić information content (AvgIpc) is 2.75. The molecule has 0 saturated carbocycles. The van der Waals surface area contributed by atoms with Crippen molar-refractivity contribution in [3.8, 4) is 0 Å². The lowest BCUT2D eigenvalue weighted by atomic mass is 9.97. The number of halogens is 1. The molecule has 0 aromatic heterocycles. The minimum absolute atomic E-state index is 0.0674. The Kier molecular flexibility index (Phi) is 7.89. The SMILES string of the molecule is CN(CC(=O)Nc1ccc(CN2CCC[C@H](C(N)=O)C2)cc1)S(=O)(=O)c1ccc(Cl)cc1. The van der Waals surface area contributed by atoms with Gasteiger partial charge >= 0.3 is 0 Å². The maximum atomic E-state index is 12.6. The van der Waals surface area contributed by atoms with Crippen LogP contribution < -0.4 is 11.1 Å². The minimum atomic E-state index is -3.80. The van der Waals surface area contributed by atoms with Crippen LogP contribution in [-0.2, 0) is 26.2 Å². The highest BCUT2D eigenvalue weighted by molar-refractivity contribution is 7.89. The van der Waals surface area contributed by atoms with E-state index in [0.717, 1.165) is 29.3 Å². The summed E-state index contributed by atoms with van der Waals surface area (Å²) >= 11 is 5.81. The minimum Gasteiger partial charge on any atom is -0.369 e. The van der Waals surface area contributed by atoms with Crippen molar-refractivity contribution >= 4 is 39.1 Å². The van der Waals surface area contributed by atoms with Crippen molar-refractivity contribution in [2.24, 2.45) is 11.7 Å². The van der Waals surface area contributed by atoms with E-state index in [1.165, 1.54) is 31.3 Å². The molecule has 0 bridgehead atoms. The third-order valence-electron chi connectivity index (χ3n) is 5.44. The number of anilines is 1. The van der Waals surface area contributed by atoms with Crippen molar-refractivity contribution in [3.63, 3.8) is 0 Å². The van der Waals surface area contributed by atoms with Crippen LogP contribution in [0, 0.1) is 5.92 Å². The number of nitrogens with one attached hydrogen (secondary N) is 1. The largest absolute Gasteiger partial charge is 0.369 e. The molecule has 1 saturated heterocycles. The van der Waals surface area contributed by atoms with Crippen molar-refractivity contribution in [1.82, 2.24) is 9.21 Å². The highest BCUT2D eigenvalue weighted by atomic mass is 35.5. The van der Waals surface area contributed by atoms with Gasteiger partial charge in [-0.3, -0.25) is 14.5 Å². The summed E-state index contributed by atoms with van der Waals surface area (Å²) in [5.74, 6) is -0.808. The fourth-order valence-electron chi connectivity index (χ4n) is 3.66. The Labute approximate surface area is 193 Å². The van der Waals surface area contributed by atoms with Gasteiger partial charge in [0.25, 0.3) is 0 Å². The maximum Gasteiger partial charge on any atom is 0.243 e. The summed E-state index contributed by atoms with van der Waals surface area (Å²) in [7, 11) is -2.45. The molecule has 0 spiro atoms. The Hall–Kier alpha value is -2.46. The van der Waals surface area contributed by atoms with Gasteiger partial charge in [0.15, 0.2) is 0 Å². The van der Waals surface area contributed by atoms with Gasteiger partial charge in [-0.2, -0.15) is 4.31 Å². The van der Waals surface area contributed by atoms with Gasteiger partial charge < -0.3 is 11.1 Å². The number of sulfonamides is 1. The molecule has 2 amide bonds. The summed E-state index contributed by atoms with van der Waals surface area (Å²) in [6, 6.07) is 13.1. The van der Waals surface area contributed by atoms with E-state index in [4.69, 9.17) is 17.3 Å². The van der Waals surface area contributed by atoms with E-state index < -0.39 is 15.9 Å². The molecule has 3 rings (SSSR count). The zero-order valence-corrected chi connectivity index (χ0v) is 19.4. The average molecular weight is 479 g/mol. The molecule has 0 aliphatic carbocycles. The Balaban J connectivity index is 1.54. The number of likely N-dealkylation sites (tertiary alicyclic amines) is 1. The predicted molar refractivity (Wildman–Crippen MR) is 124 cm³/mol. The number of piperidine rings is 1. The van der Waals surface area contributed by atoms with Gasteiger partial charge in [-0.15, -0.1) is 0 Å². The lowest BCUT2D eigenvalue weighted by Crippen LogP contribution is -2.40. The number of hydrogen-bond acceptors (Lipinski definition) is 5. The molecular weight excluding hydrogens is 452 g/mol. The van der Waals surface area contributed by atoms with Crippen LogP contribution in [0.25, 0.3) is 0 Å². The van der Waals surface area contributed by atoms with Crippen molar-refractivity contribution in [2.75, 3.05) is 32.0 Å². The number of nitrogens with two attached hydrogens (primary N) is 1. The highest BCUT2D eigenvalue weighted by Gasteiger charge is 2.24. The molecule has 1 heterocycles. The maximum absolute atomic E-state index is 12.6. The van der Waals surface area contributed by atoms with Crippen LogP contribution in [0.1, 0.15) is 18.4 Å². The highest BCUT2D eigenvalue weighted by Crippen LogP contribution is 2.20. The molecule has 3 N–H and O–H groups in total. The first-order valence-corrected chi connectivity index (χ1v) is 12.1. The molecule has 8 nitrogen and oxygen atoms in total. The van der Waals surface area contributed by atoms with E-state index in [9.17, 15) is 18.0 Å². The van der Waals surface area contributed by atoms with Gasteiger partial charge in [0, 0.05) is 30.8 Å². The van der Waals surface area contributed by atoms with Gasteiger partial charge in [0.05, 0.1) is 17.4 Å². The fraction of sp³-hybridized carbons (Fsp3) is 0.364. The second kappa shape index (κ2) is 10.4. The Morgan fingerprint density at radius 1 is 1.16 bits per heavy atom. The smallest absolute Gasteiger partial charge is 0.243 e. The molecule has 0 radical (unpaired) electrons. The molecule has 1 aliphatic heterocycles. The second-order valence-electron chi connectivity index (χ2n) is 7.94. The van der Waals surface area contributed by atoms with Gasteiger partial charge in [0.2, 0.25) is 21.8 Å². The zero-order valence-electron chi connectivity index (χ0n) is 17.8. The number of carbonyl (C=O) groups is 2. The van der Waals surface area contributed by atoms with E-state index in [-0.39, 0.29) is 23.3 Å². The molecule has 1 aliphatic rings. The molecule has 10 heteroatoms. The zero-order chi connectivity index (χ0) is 23.3. The van der Waals surface area contributed by atoms with Crippen LogP contribution in [0.3, 0.4) is 0 Å². The topological polar surface area (TPSA) is 113 Å². The molecular formula is C22H27ClN4O4S. The van der Waals surface area contributed by atoms with Gasteiger partial charge in [-0.05, 0) is 61.3 Å². The third kappa shape index (κ3) is 6.29. The lowest BCUT2D eigenvalue weighted by molar-refractivity contribution is -0.123. The monoisotopic (exact) mass is 478 g/mol. The molecule has 2 aromatic rings. The van der Waals surface area contributed by atoms with Crippen molar-refractivity contribution in [1.29, 1.82) is 0 Å². The summed E-state index contributed by atoms with van der Waals surface area (Å²) in [6.45, 7) is 1.94. The van der Waals surface area contributed by atoms with Crippen molar-refractivity contribution in [3.05, 3.63) is 59.1 Å². The number of hydrogen-bond donors (Lipinski definition) is 2. The van der Waals surface area contributed by atoms with E-state index in [1.54, 1.807) is 12.1 Å². The van der Waals surface area contributed by atoms with Crippen molar-refractivity contribution < 1.29 is 18.0 Å². The van der Waals surface area contributed by atoms with Crippen LogP contribution in [0.2, 0.25) is 5.02 Å². The van der Waals surface area contributed by atoms with E-state index >= 15 is 0 Å². The molecule has 2 aromatic carbocycles. The molecule has 172 valence electrons. The lowest BCUT2D eigenvalue weighted by Gasteiger charge is -2.31. The van der Waals surface area contributed by atoms with Crippen LogP contribution in [0.15, 0.2) is 53.4 Å². The summed E-state index contributed by atoms with van der Waals surface area (Å²) in [6.07, 6.45) is 1.77. The Morgan fingerprint density at radius 2 is 1.81 bits per heavy atom. The first kappa shape index (κ1) is 24.2. The number of nitrogens with zero attached hydrogens (tertiary/aromatic N) is 2. The molecule has 0 unspecified atom stereocenters. The molecule has 32 heavy (non-hydrogen) atoms. The first-order chi connectivity index (χ1) is 15.1. The Bertz CT molecular complexity index is 1060. The first-order valence-electron chi connectivity index (χ1n) is 10.3. The van der Waals surface area contributed by atoms with Crippen molar-refractivity contribution in [2.45, 2.75) is 24.3 Å². The second-order valence-corrected chi connectivity index (χ2v) is 10.4. The number of carbonyl (C=O) groups excluding carboxylic acids is 2. The summed E-state index contributed by atoms with van der Waals surface area (Å²) in [5, 5.41) is 3.15. The number of primary amides is 1. The van der Waals surface area contributed by atoms with E-state index in [0.29, 0.717) is 23.8 Å². The van der Waals surface area contributed by atoms with E-state index in [2.05, 4.69) is 10.2 Å². The summed E-state index contributed by atoms with van der Waals surface area (Å²) < 4.78 is 26.2. The Morgan fingerprint density at radius 3 is 2.44 bits per heavy atom. The van der Waals surface area contributed by atoms with Crippen LogP contribution in [0.5, 0.6) is 0 Å². The standard InChI is InChI=1S/C22H27ClN4O4S/c1-26(32(30,31)20-10-6-18(23)7-11-20)15-21(28)25-19-8-4-16(5-9-19)13-27-12-2-3-17(14-27)22(24)29/h4-11,17H,2-3,12-15H2,1H3,(H2,24,29)(H,25,28)/t17-/m0/s1. The molecule has 1 atom stereocenters. The van der Waals surface area contributed by atoms with Crippen LogP contribution in [-0.4, -0.2) is 56.1 Å².